The van der Waals surface area contributed by atoms with Gasteiger partial charge in [0.1, 0.15) is 6.04 Å². The van der Waals surface area contributed by atoms with E-state index in [9.17, 15) is 5.11 Å². The minimum Gasteiger partial charge on any atom is -0.504 e. The predicted octanol–water partition coefficient (Wildman–Crippen LogP) is 3.78. The Balaban J connectivity index is 1.80. The number of thioether (sulfide) groups is 1. The zero-order chi connectivity index (χ0) is 17.4. The average Bonchev–Trinajstić information content (AvgIpc) is 3.22. The summed E-state index contributed by atoms with van der Waals surface area (Å²) in [6.45, 7) is 2.22. The van der Waals surface area contributed by atoms with Crippen molar-refractivity contribution < 1.29 is 9.84 Å². The van der Waals surface area contributed by atoms with Gasteiger partial charge in [-0.05, 0) is 36.2 Å². The summed E-state index contributed by atoms with van der Waals surface area (Å²) in [4.78, 5) is 12.0. The molecule has 0 bridgehead atoms. The van der Waals surface area contributed by atoms with Gasteiger partial charge in [0.15, 0.2) is 16.7 Å². The summed E-state index contributed by atoms with van der Waals surface area (Å²) in [6, 6.07) is 12.0. The number of aromatic hydroxyl groups is 1. The molecule has 25 heavy (non-hydrogen) atoms. The molecule has 0 aliphatic carbocycles. The van der Waals surface area contributed by atoms with Crippen LogP contribution in [0.15, 0.2) is 47.6 Å². The van der Waals surface area contributed by atoms with Crippen LogP contribution in [-0.2, 0) is 0 Å². The largest absolute Gasteiger partial charge is 0.504 e. The monoisotopic (exact) mass is 355 g/mol. The maximum atomic E-state index is 9.96. The molecule has 0 unspecified atom stereocenters. The first-order valence-corrected chi connectivity index (χ1v) is 9.48. The number of amidine groups is 1. The Kier molecular flexibility index (Phi) is 4.29. The molecule has 1 saturated heterocycles. The zero-order valence-electron chi connectivity index (χ0n) is 14.3. The molecule has 0 saturated carbocycles. The summed E-state index contributed by atoms with van der Waals surface area (Å²) in [5.74, 6) is 1.71. The third-order valence-corrected chi connectivity index (χ3v) is 6.00. The van der Waals surface area contributed by atoms with Gasteiger partial charge in [0.2, 0.25) is 0 Å². The Morgan fingerprint density at radius 1 is 1.32 bits per heavy atom. The fourth-order valence-corrected chi connectivity index (χ4v) is 4.93. The van der Waals surface area contributed by atoms with E-state index in [1.165, 1.54) is 0 Å². The lowest BCUT2D eigenvalue weighted by atomic mass is 9.95. The van der Waals surface area contributed by atoms with E-state index in [-0.39, 0.29) is 17.8 Å². The third-order valence-electron chi connectivity index (χ3n) is 4.87. The van der Waals surface area contributed by atoms with Gasteiger partial charge >= 0.3 is 0 Å². The molecule has 1 aromatic heterocycles. The van der Waals surface area contributed by atoms with Crippen molar-refractivity contribution in [1.29, 1.82) is 0 Å². The molecule has 2 aromatic rings. The summed E-state index contributed by atoms with van der Waals surface area (Å²) in [5.41, 5.74) is 2.06. The first-order chi connectivity index (χ1) is 12.2. The number of phenolic OH excluding ortho intramolecular Hbond substituents is 1. The molecular formula is C19H21N3O2S. The Morgan fingerprint density at radius 3 is 2.92 bits per heavy atom. The number of hydrogen-bond donors (Lipinski definition) is 1. The van der Waals surface area contributed by atoms with Gasteiger partial charge in [-0.3, -0.25) is 9.98 Å². The van der Waals surface area contributed by atoms with Gasteiger partial charge in [-0.2, -0.15) is 0 Å². The van der Waals surface area contributed by atoms with Crippen LogP contribution in [0.25, 0.3) is 0 Å². The van der Waals surface area contributed by atoms with Crippen LogP contribution in [0.1, 0.15) is 36.7 Å². The highest BCUT2D eigenvalue weighted by Gasteiger charge is 2.45. The highest BCUT2D eigenvalue weighted by atomic mass is 32.2. The van der Waals surface area contributed by atoms with Crippen molar-refractivity contribution in [3.05, 3.63) is 53.9 Å². The van der Waals surface area contributed by atoms with Crippen LogP contribution >= 0.6 is 11.8 Å². The highest BCUT2D eigenvalue weighted by Crippen LogP contribution is 2.49. The number of aromatic nitrogens is 1. The molecule has 6 heteroatoms. The van der Waals surface area contributed by atoms with E-state index in [0.717, 1.165) is 28.6 Å². The van der Waals surface area contributed by atoms with Gasteiger partial charge in [-0.1, -0.05) is 30.8 Å². The van der Waals surface area contributed by atoms with Crippen molar-refractivity contribution >= 4 is 16.9 Å². The molecule has 0 amide bonds. The van der Waals surface area contributed by atoms with E-state index in [4.69, 9.17) is 9.73 Å². The van der Waals surface area contributed by atoms with Crippen molar-refractivity contribution in [1.82, 2.24) is 9.88 Å². The molecule has 1 N–H and O–H groups in total. The molecule has 2 aliphatic heterocycles. The molecule has 1 aromatic carbocycles. The second-order valence-corrected chi connectivity index (χ2v) is 7.25. The minimum absolute atomic E-state index is 0.0488. The quantitative estimate of drug-likeness (QED) is 0.905. The molecule has 3 atom stereocenters. The van der Waals surface area contributed by atoms with Crippen molar-refractivity contribution in [3.63, 3.8) is 0 Å². The summed E-state index contributed by atoms with van der Waals surface area (Å²) in [7, 11) is 1.58. The Hall–Kier alpha value is -2.21. The molecule has 4 rings (SSSR count). The number of fused-ring (bicyclic) bond motifs is 1. The standard InChI is InChI=1S/C19H21N3O2S/c1-3-13-11-25-19-21-17(14-6-4-5-9-20-14)18(22(13)19)12-7-8-15(23)16(10-12)24-2/h4-10,13,17-18,23H,3,11H2,1-2H3/t13-,17+,18-/m1/s1. The van der Waals surface area contributed by atoms with Gasteiger partial charge in [0, 0.05) is 18.0 Å². The van der Waals surface area contributed by atoms with Crippen LogP contribution < -0.4 is 4.74 Å². The van der Waals surface area contributed by atoms with Gasteiger partial charge in [-0.25, -0.2) is 0 Å². The topological polar surface area (TPSA) is 58.0 Å². The first-order valence-electron chi connectivity index (χ1n) is 8.49. The maximum Gasteiger partial charge on any atom is 0.160 e. The third kappa shape index (κ3) is 2.74. The van der Waals surface area contributed by atoms with Gasteiger partial charge in [0.05, 0.1) is 18.8 Å². The number of nitrogens with zero attached hydrogens (tertiary/aromatic N) is 3. The second kappa shape index (κ2) is 6.59. The van der Waals surface area contributed by atoms with Crippen molar-refractivity contribution in [3.8, 4) is 11.5 Å². The van der Waals surface area contributed by atoms with E-state index >= 15 is 0 Å². The lowest BCUT2D eigenvalue weighted by Crippen LogP contribution is -2.35. The number of hydrogen-bond acceptors (Lipinski definition) is 6. The molecule has 130 valence electrons. The molecule has 2 aliphatic rings. The van der Waals surface area contributed by atoms with Crippen LogP contribution in [0, 0.1) is 0 Å². The number of ether oxygens (including phenoxy) is 1. The number of rotatable bonds is 4. The van der Waals surface area contributed by atoms with Gasteiger partial charge in [0.25, 0.3) is 0 Å². The highest BCUT2D eigenvalue weighted by molar-refractivity contribution is 8.14. The Labute approximate surface area is 151 Å². The first kappa shape index (κ1) is 16.3. The van der Waals surface area contributed by atoms with Crippen LogP contribution in [0.4, 0.5) is 0 Å². The zero-order valence-corrected chi connectivity index (χ0v) is 15.1. The molecule has 0 spiro atoms. The fourth-order valence-electron chi connectivity index (χ4n) is 3.59. The van der Waals surface area contributed by atoms with E-state index in [1.54, 1.807) is 13.2 Å². The van der Waals surface area contributed by atoms with E-state index in [2.05, 4.69) is 16.8 Å². The molecule has 0 radical (unpaired) electrons. The summed E-state index contributed by atoms with van der Waals surface area (Å²) < 4.78 is 5.32. The number of benzene rings is 1. The van der Waals surface area contributed by atoms with Gasteiger partial charge in [-0.15, -0.1) is 0 Å². The van der Waals surface area contributed by atoms with Crippen LogP contribution in [-0.4, -0.2) is 39.1 Å². The summed E-state index contributed by atoms with van der Waals surface area (Å²) in [5, 5.41) is 11.1. The summed E-state index contributed by atoms with van der Waals surface area (Å²) >= 11 is 1.82. The Morgan fingerprint density at radius 2 is 2.20 bits per heavy atom. The second-order valence-electron chi connectivity index (χ2n) is 6.27. The van der Waals surface area contributed by atoms with E-state index in [0.29, 0.717) is 11.8 Å². The summed E-state index contributed by atoms with van der Waals surface area (Å²) in [6.07, 6.45) is 2.89. The molecule has 1 fully saturated rings. The lowest BCUT2D eigenvalue weighted by molar-refractivity contribution is 0.254. The lowest BCUT2D eigenvalue weighted by Gasteiger charge is -2.32. The molecule has 3 heterocycles. The SMILES string of the molecule is CC[C@@H]1CSC2=N[C@@H](c3ccccn3)[C@@H](c3ccc(O)c(OC)c3)N21. The number of pyridine rings is 1. The Bertz CT molecular complexity index is 797. The average molecular weight is 355 g/mol. The molecule has 5 nitrogen and oxygen atoms in total. The van der Waals surface area contributed by atoms with Crippen molar-refractivity contribution in [2.45, 2.75) is 31.5 Å². The molecular weight excluding hydrogens is 334 g/mol. The van der Waals surface area contributed by atoms with E-state index < -0.39 is 0 Å². The number of aliphatic imine (C=N–C) groups is 1. The van der Waals surface area contributed by atoms with Crippen LogP contribution in [0.3, 0.4) is 0 Å². The minimum atomic E-state index is -0.0488. The van der Waals surface area contributed by atoms with Crippen LogP contribution in [0.2, 0.25) is 0 Å². The number of methoxy groups -OCH3 is 1. The van der Waals surface area contributed by atoms with Crippen LogP contribution in [0.5, 0.6) is 11.5 Å². The van der Waals surface area contributed by atoms with Crippen molar-refractivity contribution in [2.75, 3.05) is 12.9 Å². The van der Waals surface area contributed by atoms with Gasteiger partial charge < -0.3 is 14.7 Å². The fraction of sp³-hybridized carbons (Fsp3) is 0.368. The van der Waals surface area contributed by atoms with Crippen molar-refractivity contribution in [2.24, 2.45) is 4.99 Å². The normalized spacial score (nSPS) is 25.0. The van der Waals surface area contributed by atoms with E-state index in [1.807, 2.05) is 48.3 Å². The maximum absolute atomic E-state index is 9.96. The number of phenols is 1. The predicted molar refractivity (Wildman–Crippen MR) is 100 cm³/mol. The smallest absolute Gasteiger partial charge is 0.160 e.